The predicted octanol–water partition coefficient (Wildman–Crippen LogP) is 1.12. The Kier molecular flexibility index (Phi) is 7.68. The lowest BCUT2D eigenvalue weighted by atomic mass is 9.88. The molecular weight excluding hydrogens is 242 g/mol. The summed E-state index contributed by atoms with van der Waals surface area (Å²) >= 11 is 0. The first kappa shape index (κ1) is 17.9. The molecule has 0 saturated carbocycles. The van der Waals surface area contributed by atoms with E-state index in [9.17, 15) is 9.59 Å². The molecule has 0 bridgehead atoms. The highest BCUT2D eigenvalue weighted by atomic mass is 16.2. The molecule has 0 radical (unpaired) electrons. The maximum absolute atomic E-state index is 11.9. The van der Waals surface area contributed by atoms with Crippen LogP contribution in [-0.2, 0) is 9.59 Å². The molecule has 5 nitrogen and oxygen atoms in total. The van der Waals surface area contributed by atoms with Crippen LogP contribution in [0, 0.1) is 5.92 Å². The summed E-state index contributed by atoms with van der Waals surface area (Å²) in [5.74, 6) is 0.168. The molecule has 5 heteroatoms. The van der Waals surface area contributed by atoms with Gasteiger partial charge in [-0.25, -0.2) is 0 Å². The van der Waals surface area contributed by atoms with E-state index in [1.54, 1.807) is 4.90 Å². The van der Waals surface area contributed by atoms with Gasteiger partial charge in [-0.15, -0.1) is 0 Å². The number of rotatable bonds is 8. The fourth-order valence-corrected chi connectivity index (χ4v) is 1.77. The van der Waals surface area contributed by atoms with Gasteiger partial charge < -0.3 is 16.0 Å². The first-order valence-electron chi connectivity index (χ1n) is 7.09. The Morgan fingerprint density at radius 1 is 1.21 bits per heavy atom. The number of nitrogens with one attached hydrogen (secondary N) is 1. The van der Waals surface area contributed by atoms with Crippen LogP contribution >= 0.6 is 0 Å². The minimum Gasteiger partial charge on any atom is -0.349 e. The third kappa shape index (κ3) is 5.59. The summed E-state index contributed by atoms with van der Waals surface area (Å²) in [6.45, 7) is 11.6. The Labute approximate surface area is 116 Å². The topological polar surface area (TPSA) is 75.4 Å². The number of nitrogens with zero attached hydrogens (tertiary/aromatic N) is 1. The zero-order valence-electron chi connectivity index (χ0n) is 13.0. The molecule has 2 amide bonds. The molecule has 0 aromatic heterocycles. The Bertz CT molecular complexity index is 301. The summed E-state index contributed by atoms with van der Waals surface area (Å²) in [6.07, 6.45) is 0.476. The number of hydrogen-bond donors (Lipinski definition) is 2. The summed E-state index contributed by atoms with van der Waals surface area (Å²) in [5, 5.41) is 2.94. The average Bonchev–Trinajstić information content (AvgIpc) is 2.37. The molecule has 0 saturated heterocycles. The van der Waals surface area contributed by atoms with E-state index in [-0.39, 0.29) is 30.6 Å². The number of hydrogen-bond acceptors (Lipinski definition) is 3. The maximum atomic E-state index is 11.9. The lowest BCUT2D eigenvalue weighted by Crippen LogP contribution is -2.55. The summed E-state index contributed by atoms with van der Waals surface area (Å²) in [4.78, 5) is 25.4. The molecule has 0 aromatic carbocycles. The van der Waals surface area contributed by atoms with Crippen molar-refractivity contribution in [2.45, 2.75) is 53.0 Å². The molecule has 0 aliphatic rings. The molecule has 0 fully saturated rings. The summed E-state index contributed by atoms with van der Waals surface area (Å²) < 4.78 is 0. The Hall–Kier alpha value is -1.10. The quantitative estimate of drug-likeness (QED) is 0.695. The van der Waals surface area contributed by atoms with Crippen molar-refractivity contribution in [3.8, 4) is 0 Å². The normalized spacial score (nSPS) is 14.1. The summed E-state index contributed by atoms with van der Waals surface area (Å²) in [6, 6.07) is 0. The van der Waals surface area contributed by atoms with Gasteiger partial charge in [-0.3, -0.25) is 9.59 Å². The van der Waals surface area contributed by atoms with Gasteiger partial charge in [0.25, 0.3) is 0 Å². The predicted molar refractivity (Wildman–Crippen MR) is 77.6 cm³/mol. The Morgan fingerprint density at radius 3 is 2.11 bits per heavy atom. The Morgan fingerprint density at radius 2 is 1.74 bits per heavy atom. The van der Waals surface area contributed by atoms with E-state index in [1.807, 2.05) is 34.6 Å². The second kappa shape index (κ2) is 8.15. The van der Waals surface area contributed by atoms with E-state index in [0.29, 0.717) is 19.6 Å². The fourth-order valence-electron chi connectivity index (χ4n) is 1.77. The SMILES string of the molecule is CCN(CC)C(=O)CCC(=O)NC(C)(CN)C(C)C. The van der Waals surface area contributed by atoms with Crippen LogP contribution in [0.5, 0.6) is 0 Å². The molecule has 0 aromatic rings. The van der Waals surface area contributed by atoms with Gasteiger partial charge in [-0.1, -0.05) is 13.8 Å². The van der Waals surface area contributed by atoms with Gasteiger partial charge in [0.15, 0.2) is 0 Å². The standard InChI is InChI=1S/C14H29N3O2/c1-6-17(7-2)13(19)9-8-12(18)16-14(5,10-15)11(3)4/h11H,6-10,15H2,1-5H3,(H,16,18). The second-order valence-electron chi connectivity index (χ2n) is 5.39. The van der Waals surface area contributed by atoms with Crippen LogP contribution in [-0.4, -0.2) is 41.9 Å². The van der Waals surface area contributed by atoms with Crippen LogP contribution in [0.4, 0.5) is 0 Å². The minimum atomic E-state index is -0.407. The van der Waals surface area contributed by atoms with Gasteiger partial charge in [0.05, 0.1) is 5.54 Å². The fraction of sp³-hybridized carbons (Fsp3) is 0.857. The molecular formula is C14H29N3O2. The van der Waals surface area contributed by atoms with Gasteiger partial charge in [-0.05, 0) is 26.7 Å². The van der Waals surface area contributed by atoms with Crippen molar-refractivity contribution in [1.29, 1.82) is 0 Å². The maximum Gasteiger partial charge on any atom is 0.223 e. The lowest BCUT2D eigenvalue weighted by molar-refractivity contribution is -0.133. The van der Waals surface area contributed by atoms with E-state index in [4.69, 9.17) is 5.73 Å². The van der Waals surface area contributed by atoms with Crippen molar-refractivity contribution in [3.63, 3.8) is 0 Å². The van der Waals surface area contributed by atoms with E-state index in [0.717, 1.165) is 0 Å². The van der Waals surface area contributed by atoms with Crippen molar-refractivity contribution >= 4 is 11.8 Å². The third-order valence-electron chi connectivity index (χ3n) is 3.81. The van der Waals surface area contributed by atoms with Gasteiger partial charge >= 0.3 is 0 Å². The monoisotopic (exact) mass is 271 g/mol. The zero-order valence-corrected chi connectivity index (χ0v) is 13.0. The average molecular weight is 271 g/mol. The highest BCUT2D eigenvalue weighted by Gasteiger charge is 2.28. The summed E-state index contributed by atoms with van der Waals surface area (Å²) in [5.41, 5.74) is 5.31. The van der Waals surface area contributed by atoms with E-state index >= 15 is 0 Å². The van der Waals surface area contributed by atoms with Crippen molar-refractivity contribution in [3.05, 3.63) is 0 Å². The van der Waals surface area contributed by atoms with Gasteiger partial charge in [-0.2, -0.15) is 0 Å². The number of carbonyl (C=O) groups is 2. The van der Waals surface area contributed by atoms with Gasteiger partial charge in [0, 0.05) is 32.5 Å². The molecule has 0 spiro atoms. The molecule has 0 aliphatic carbocycles. The molecule has 1 unspecified atom stereocenters. The van der Waals surface area contributed by atoms with Crippen molar-refractivity contribution in [1.82, 2.24) is 10.2 Å². The zero-order chi connectivity index (χ0) is 15.1. The minimum absolute atomic E-state index is 0.0270. The van der Waals surface area contributed by atoms with Gasteiger partial charge in [0.1, 0.15) is 0 Å². The lowest BCUT2D eigenvalue weighted by Gasteiger charge is -2.33. The molecule has 19 heavy (non-hydrogen) atoms. The van der Waals surface area contributed by atoms with E-state index in [1.165, 1.54) is 0 Å². The summed E-state index contributed by atoms with van der Waals surface area (Å²) in [7, 11) is 0. The largest absolute Gasteiger partial charge is 0.349 e. The number of amides is 2. The Balaban J connectivity index is 4.30. The molecule has 3 N–H and O–H groups in total. The molecule has 1 atom stereocenters. The highest BCUT2D eigenvalue weighted by molar-refractivity contribution is 5.84. The van der Waals surface area contributed by atoms with E-state index in [2.05, 4.69) is 5.32 Å². The van der Waals surface area contributed by atoms with Gasteiger partial charge in [0.2, 0.25) is 11.8 Å². The van der Waals surface area contributed by atoms with Crippen LogP contribution in [0.3, 0.4) is 0 Å². The molecule has 0 heterocycles. The molecule has 112 valence electrons. The molecule has 0 aliphatic heterocycles. The first-order valence-corrected chi connectivity index (χ1v) is 7.09. The number of carbonyl (C=O) groups excluding carboxylic acids is 2. The first-order chi connectivity index (χ1) is 8.80. The van der Waals surface area contributed by atoms with Crippen molar-refractivity contribution in [2.75, 3.05) is 19.6 Å². The van der Waals surface area contributed by atoms with E-state index < -0.39 is 5.54 Å². The molecule has 0 rings (SSSR count). The number of nitrogens with two attached hydrogens (primary N) is 1. The third-order valence-corrected chi connectivity index (χ3v) is 3.81. The van der Waals surface area contributed by atoms with Crippen LogP contribution in [0.25, 0.3) is 0 Å². The van der Waals surface area contributed by atoms with Crippen LogP contribution < -0.4 is 11.1 Å². The van der Waals surface area contributed by atoms with Crippen LogP contribution in [0.1, 0.15) is 47.5 Å². The van der Waals surface area contributed by atoms with Crippen LogP contribution in [0.2, 0.25) is 0 Å². The highest BCUT2D eigenvalue weighted by Crippen LogP contribution is 2.15. The van der Waals surface area contributed by atoms with Crippen LogP contribution in [0.15, 0.2) is 0 Å². The smallest absolute Gasteiger partial charge is 0.223 e. The van der Waals surface area contributed by atoms with Crippen molar-refractivity contribution in [2.24, 2.45) is 11.7 Å². The second-order valence-corrected chi connectivity index (χ2v) is 5.39. The van der Waals surface area contributed by atoms with Crippen molar-refractivity contribution < 1.29 is 9.59 Å².